The van der Waals surface area contributed by atoms with Crippen LogP contribution in [0, 0.1) is 6.92 Å². The number of halogens is 1. The van der Waals surface area contributed by atoms with Gasteiger partial charge >= 0.3 is 0 Å². The van der Waals surface area contributed by atoms with E-state index in [0.29, 0.717) is 5.69 Å². The van der Waals surface area contributed by atoms with Gasteiger partial charge in [-0.3, -0.25) is 9.78 Å². The van der Waals surface area contributed by atoms with Crippen molar-refractivity contribution in [3.05, 3.63) is 50.4 Å². The minimum absolute atomic E-state index is 0.00463. The quantitative estimate of drug-likeness (QED) is 0.790. The fourth-order valence-electron chi connectivity index (χ4n) is 1.23. The normalized spacial score (nSPS) is 10.3. The molecule has 0 amide bonds. The van der Waals surface area contributed by atoms with Gasteiger partial charge in [-0.15, -0.1) is 11.3 Å². The smallest absolute Gasteiger partial charge is 0.221 e. The molecule has 4 heteroatoms. The number of carbonyl (C=O) groups excluding carboxylic acids is 1. The lowest BCUT2D eigenvalue weighted by atomic mass is 10.1. The van der Waals surface area contributed by atoms with Crippen LogP contribution in [-0.2, 0) is 0 Å². The van der Waals surface area contributed by atoms with Crippen molar-refractivity contribution in [1.82, 2.24) is 4.98 Å². The minimum atomic E-state index is -0.00463. The van der Waals surface area contributed by atoms with Gasteiger partial charge in [0.05, 0.1) is 4.88 Å². The molecule has 0 unspecified atom stereocenters. The molecule has 0 aromatic carbocycles. The highest BCUT2D eigenvalue weighted by atomic mass is 79.9. The van der Waals surface area contributed by atoms with E-state index in [1.807, 2.05) is 24.4 Å². The molecular formula is C11H8BrNOS. The molecule has 2 nitrogen and oxygen atoms in total. The first kappa shape index (κ1) is 10.5. The van der Waals surface area contributed by atoms with Crippen LogP contribution in [0.4, 0.5) is 0 Å². The molecule has 0 saturated heterocycles. The first-order valence-corrected chi connectivity index (χ1v) is 6.06. The molecule has 2 aromatic heterocycles. The second-order valence-electron chi connectivity index (χ2n) is 3.12. The molecule has 0 aliphatic heterocycles. The van der Waals surface area contributed by atoms with Gasteiger partial charge in [0, 0.05) is 10.7 Å². The molecule has 0 bridgehead atoms. The topological polar surface area (TPSA) is 30.0 Å². The largest absolute Gasteiger partial charge is 0.286 e. The number of thiophene rings is 1. The summed E-state index contributed by atoms with van der Waals surface area (Å²) in [6, 6.07) is 5.49. The summed E-state index contributed by atoms with van der Waals surface area (Å²) in [7, 11) is 0. The van der Waals surface area contributed by atoms with E-state index in [2.05, 4.69) is 20.9 Å². The van der Waals surface area contributed by atoms with E-state index in [-0.39, 0.29) is 5.78 Å². The molecule has 2 heterocycles. The highest BCUT2D eigenvalue weighted by Crippen LogP contribution is 2.19. The van der Waals surface area contributed by atoms with Crippen molar-refractivity contribution >= 4 is 33.0 Å². The molecule has 0 fully saturated rings. The van der Waals surface area contributed by atoms with Gasteiger partial charge in [-0.1, -0.05) is 0 Å². The summed E-state index contributed by atoms with van der Waals surface area (Å²) in [4.78, 5) is 16.8. The monoisotopic (exact) mass is 281 g/mol. The Morgan fingerprint density at radius 1 is 1.40 bits per heavy atom. The summed E-state index contributed by atoms with van der Waals surface area (Å²) in [5.41, 5.74) is 1.50. The predicted molar refractivity (Wildman–Crippen MR) is 64.4 cm³/mol. The molecule has 0 spiro atoms. The van der Waals surface area contributed by atoms with Crippen molar-refractivity contribution in [2.24, 2.45) is 0 Å². The van der Waals surface area contributed by atoms with Crippen LogP contribution in [0.3, 0.4) is 0 Å². The Bertz CT molecular complexity index is 490. The Hall–Kier alpha value is -1.00. The van der Waals surface area contributed by atoms with Crippen molar-refractivity contribution in [2.45, 2.75) is 6.92 Å². The Kier molecular flexibility index (Phi) is 2.98. The van der Waals surface area contributed by atoms with Crippen LogP contribution in [-0.4, -0.2) is 10.8 Å². The zero-order valence-electron chi connectivity index (χ0n) is 8.03. The number of ketones is 1. The van der Waals surface area contributed by atoms with E-state index < -0.39 is 0 Å². The number of hydrogen-bond acceptors (Lipinski definition) is 3. The molecule has 2 rings (SSSR count). The van der Waals surface area contributed by atoms with Crippen LogP contribution in [0.2, 0.25) is 0 Å². The van der Waals surface area contributed by atoms with Crippen molar-refractivity contribution in [2.75, 3.05) is 0 Å². The number of nitrogens with zero attached hydrogens (tertiary/aromatic N) is 1. The molecule has 0 atom stereocenters. The van der Waals surface area contributed by atoms with E-state index in [4.69, 9.17) is 0 Å². The van der Waals surface area contributed by atoms with E-state index in [0.717, 1.165) is 14.9 Å². The molecule has 0 saturated carbocycles. The maximum atomic E-state index is 12.0. The van der Waals surface area contributed by atoms with Crippen molar-refractivity contribution in [1.29, 1.82) is 0 Å². The predicted octanol–water partition coefficient (Wildman–Crippen LogP) is 3.45. The van der Waals surface area contributed by atoms with Crippen LogP contribution < -0.4 is 0 Å². The summed E-state index contributed by atoms with van der Waals surface area (Å²) in [6.45, 7) is 1.93. The summed E-state index contributed by atoms with van der Waals surface area (Å²) in [6.07, 6.45) is 1.64. The maximum absolute atomic E-state index is 12.0. The third-order valence-electron chi connectivity index (χ3n) is 2.03. The molecular weight excluding hydrogens is 274 g/mol. The average molecular weight is 282 g/mol. The standard InChI is InChI=1S/C11H8BrNOS/c1-7-4-5-15-11(7)10(14)9-3-2-8(12)6-13-9/h2-6H,1H3. The summed E-state index contributed by atoms with van der Waals surface area (Å²) < 4.78 is 0.877. The van der Waals surface area contributed by atoms with Crippen LogP contribution in [0.25, 0.3) is 0 Å². The Morgan fingerprint density at radius 3 is 2.73 bits per heavy atom. The van der Waals surface area contributed by atoms with Crippen LogP contribution in [0.5, 0.6) is 0 Å². The number of carbonyl (C=O) groups is 1. The summed E-state index contributed by atoms with van der Waals surface area (Å²) in [5, 5.41) is 1.92. The fourth-order valence-corrected chi connectivity index (χ4v) is 2.34. The fraction of sp³-hybridized carbons (Fsp3) is 0.0909. The highest BCUT2D eigenvalue weighted by Gasteiger charge is 2.13. The summed E-state index contributed by atoms with van der Waals surface area (Å²) >= 11 is 4.74. The molecule has 2 aromatic rings. The average Bonchev–Trinajstić information content (AvgIpc) is 2.65. The Morgan fingerprint density at radius 2 is 2.20 bits per heavy atom. The van der Waals surface area contributed by atoms with Gasteiger partial charge in [0.1, 0.15) is 5.69 Å². The number of hydrogen-bond donors (Lipinski definition) is 0. The van der Waals surface area contributed by atoms with E-state index >= 15 is 0 Å². The zero-order chi connectivity index (χ0) is 10.8. The van der Waals surface area contributed by atoms with E-state index in [9.17, 15) is 4.79 Å². The third kappa shape index (κ3) is 2.16. The zero-order valence-corrected chi connectivity index (χ0v) is 10.4. The van der Waals surface area contributed by atoms with Gasteiger partial charge in [-0.25, -0.2) is 0 Å². The van der Waals surface area contributed by atoms with E-state index in [1.54, 1.807) is 12.3 Å². The molecule has 76 valence electrons. The molecule has 0 N–H and O–H groups in total. The Labute approximate surface area is 100 Å². The SMILES string of the molecule is Cc1ccsc1C(=O)c1ccc(Br)cn1. The van der Waals surface area contributed by atoms with Gasteiger partial charge in [-0.05, 0) is 52.0 Å². The minimum Gasteiger partial charge on any atom is -0.286 e. The van der Waals surface area contributed by atoms with Gasteiger partial charge in [0.25, 0.3) is 0 Å². The first-order valence-electron chi connectivity index (χ1n) is 4.39. The first-order chi connectivity index (χ1) is 7.18. The van der Waals surface area contributed by atoms with Crippen molar-refractivity contribution in [3.8, 4) is 0 Å². The van der Waals surface area contributed by atoms with Gasteiger partial charge in [0.15, 0.2) is 0 Å². The lowest BCUT2D eigenvalue weighted by molar-refractivity contribution is 0.103. The molecule has 15 heavy (non-hydrogen) atoms. The third-order valence-corrected chi connectivity index (χ3v) is 3.51. The second kappa shape index (κ2) is 4.24. The highest BCUT2D eigenvalue weighted by molar-refractivity contribution is 9.10. The molecule has 0 aliphatic rings. The number of pyridine rings is 1. The van der Waals surface area contributed by atoms with Crippen molar-refractivity contribution < 1.29 is 4.79 Å². The second-order valence-corrected chi connectivity index (χ2v) is 4.96. The summed E-state index contributed by atoms with van der Waals surface area (Å²) in [5.74, 6) is -0.00463. The maximum Gasteiger partial charge on any atom is 0.221 e. The van der Waals surface area contributed by atoms with Crippen LogP contribution >= 0.6 is 27.3 Å². The molecule has 0 radical (unpaired) electrons. The Balaban J connectivity index is 2.37. The van der Waals surface area contributed by atoms with Gasteiger partial charge in [0.2, 0.25) is 5.78 Å². The van der Waals surface area contributed by atoms with Gasteiger partial charge < -0.3 is 0 Å². The van der Waals surface area contributed by atoms with Crippen LogP contribution in [0.1, 0.15) is 20.9 Å². The van der Waals surface area contributed by atoms with Gasteiger partial charge in [-0.2, -0.15) is 0 Å². The molecule has 0 aliphatic carbocycles. The van der Waals surface area contributed by atoms with Crippen molar-refractivity contribution in [3.63, 3.8) is 0 Å². The van der Waals surface area contributed by atoms with E-state index in [1.165, 1.54) is 11.3 Å². The number of aromatic nitrogens is 1. The van der Waals surface area contributed by atoms with Crippen LogP contribution in [0.15, 0.2) is 34.2 Å². The number of rotatable bonds is 2. The lowest BCUT2D eigenvalue weighted by Crippen LogP contribution is -2.02. The lowest BCUT2D eigenvalue weighted by Gasteiger charge is -1.98. The number of aryl methyl sites for hydroxylation is 1.